The first-order valence-electron chi connectivity index (χ1n) is 6.99. The summed E-state index contributed by atoms with van der Waals surface area (Å²) in [6.07, 6.45) is 7.51. The van der Waals surface area contributed by atoms with Crippen LogP contribution in [0.2, 0.25) is 0 Å². The van der Waals surface area contributed by atoms with Crippen LogP contribution in [0.25, 0.3) is 0 Å². The summed E-state index contributed by atoms with van der Waals surface area (Å²) >= 11 is 0. The Kier molecular flexibility index (Phi) is 4.92. The molecule has 0 spiro atoms. The van der Waals surface area contributed by atoms with Crippen LogP contribution in [-0.2, 0) is 13.0 Å². The number of aromatic nitrogens is 4. The van der Waals surface area contributed by atoms with Gasteiger partial charge in [0.2, 0.25) is 0 Å². The molecular weight excluding hydrogens is 252 g/mol. The monoisotopic (exact) mass is 274 g/mol. The van der Waals surface area contributed by atoms with Crippen LogP contribution in [0.15, 0.2) is 18.7 Å². The molecule has 2 aromatic rings. The van der Waals surface area contributed by atoms with E-state index in [-0.39, 0.29) is 0 Å². The maximum Gasteiger partial charge on any atom is 0.134 e. The van der Waals surface area contributed by atoms with Crippen molar-refractivity contribution in [3.05, 3.63) is 29.8 Å². The number of nitrogens with zero attached hydrogens (tertiary/aromatic N) is 4. The largest absolute Gasteiger partial charge is 0.373 e. The second kappa shape index (κ2) is 6.88. The molecule has 0 saturated heterocycles. The van der Waals surface area contributed by atoms with Crippen LogP contribution in [0, 0.1) is 6.92 Å². The fraction of sp³-hybridized carbons (Fsp3) is 0.500. The average Bonchev–Trinajstić information content (AvgIpc) is 2.86. The van der Waals surface area contributed by atoms with E-state index in [0.717, 1.165) is 43.1 Å². The van der Waals surface area contributed by atoms with E-state index >= 15 is 0 Å². The Bertz CT molecular complexity index is 548. The number of nitrogens with one attached hydrogen (secondary N) is 2. The second-order valence-corrected chi connectivity index (χ2v) is 4.76. The maximum atomic E-state index is 4.35. The van der Waals surface area contributed by atoms with Crippen LogP contribution in [-0.4, -0.2) is 33.3 Å². The molecule has 0 atom stereocenters. The molecule has 6 heteroatoms. The zero-order valence-electron chi connectivity index (χ0n) is 12.3. The molecule has 108 valence electrons. The highest BCUT2D eigenvalue weighted by Gasteiger charge is 2.09. The molecule has 0 amide bonds. The van der Waals surface area contributed by atoms with Crippen molar-refractivity contribution >= 4 is 11.6 Å². The number of aryl methyl sites for hydroxylation is 1. The Labute approximate surface area is 119 Å². The molecule has 0 bridgehead atoms. The molecule has 0 unspecified atom stereocenters. The van der Waals surface area contributed by atoms with Gasteiger partial charge in [0.15, 0.2) is 0 Å². The Morgan fingerprint density at radius 1 is 1.25 bits per heavy atom. The topological polar surface area (TPSA) is 67.7 Å². The van der Waals surface area contributed by atoms with E-state index in [2.05, 4.69) is 32.6 Å². The van der Waals surface area contributed by atoms with Crippen molar-refractivity contribution in [3.8, 4) is 0 Å². The van der Waals surface area contributed by atoms with Crippen molar-refractivity contribution in [3.63, 3.8) is 0 Å². The van der Waals surface area contributed by atoms with Gasteiger partial charge in [-0.3, -0.25) is 4.68 Å². The number of hydrogen-bond acceptors (Lipinski definition) is 5. The summed E-state index contributed by atoms with van der Waals surface area (Å²) in [5, 5.41) is 10.8. The Morgan fingerprint density at radius 2 is 2.05 bits per heavy atom. The third-order valence-corrected chi connectivity index (χ3v) is 3.08. The summed E-state index contributed by atoms with van der Waals surface area (Å²) in [6.45, 7) is 5.80. The smallest absolute Gasteiger partial charge is 0.134 e. The zero-order chi connectivity index (χ0) is 14.4. The molecule has 2 N–H and O–H groups in total. The highest BCUT2D eigenvalue weighted by Crippen LogP contribution is 2.20. The van der Waals surface area contributed by atoms with Gasteiger partial charge in [-0.1, -0.05) is 13.3 Å². The quantitative estimate of drug-likeness (QED) is 0.809. The van der Waals surface area contributed by atoms with Crippen LogP contribution in [0.3, 0.4) is 0 Å². The van der Waals surface area contributed by atoms with E-state index < -0.39 is 0 Å². The molecule has 2 rings (SSSR count). The van der Waals surface area contributed by atoms with E-state index in [4.69, 9.17) is 0 Å². The Morgan fingerprint density at radius 3 is 2.70 bits per heavy atom. The van der Waals surface area contributed by atoms with E-state index in [0.29, 0.717) is 0 Å². The lowest BCUT2D eigenvalue weighted by atomic mass is 10.1. The molecule has 0 saturated carbocycles. The third kappa shape index (κ3) is 3.46. The first-order valence-corrected chi connectivity index (χ1v) is 6.99. The van der Waals surface area contributed by atoms with Crippen LogP contribution < -0.4 is 10.6 Å². The average molecular weight is 274 g/mol. The van der Waals surface area contributed by atoms with Crippen LogP contribution >= 0.6 is 0 Å². The molecule has 0 aliphatic carbocycles. The van der Waals surface area contributed by atoms with Crippen molar-refractivity contribution in [1.82, 2.24) is 19.7 Å². The van der Waals surface area contributed by atoms with Gasteiger partial charge >= 0.3 is 0 Å². The maximum absolute atomic E-state index is 4.35. The molecule has 20 heavy (non-hydrogen) atoms. The minimum absolute atomic E-state index is 0.790. The summed E-state index contributed by atoms with van der Waals surface area (Å²) in [6, 6.07) is 0. The number of anilines is 2. The van der Waals surface area contributed by atoms with Crippen molar-refractivity contribution in [2.75, 3.05) is 24.2 Å². The molecule has 0 aromatic carbocycles. The van der Waals surface area contributed by atoms with Crippen LogP contribution in [0.4, 0.5) is 11.6 Å². The summed E-state index contributed by atoms with van der Waals surface area (Å²) in [5.74, 6) is 1.81. The van der Waals surface area contributed by atoms with Crippen LogP contribution in [0.1, 0.15) is 24.5 Å². The van der Waals surface area contributed by atoms with E-state index in [1.165, 1.54) is 5.56 Å². The zero-order valence-corrected chi connectivity index (χ0v) is 12.3. The van der Waals surface area contributed by atoms with E-state index in [9.17, 15) is 0 Å². The van der Waals surface area contributed by atoms with Gasteiger partial charge in [0.05, 0.1) is 12.7 Å². The van der Waals surface area contributed by atoms with E-state index in [1.807, 2.05) is 31.0 Å². The van der Waals surface area contributed by atoms with Gasteiger partial charge in [-0.25, -0.2) is 9.97 Å². The Hall–Kier alpha value is -2.11. The van der Waals surface area contributed by atoms with Gasteiger partial charge in [-0.15, -0.1) is 0 Å². The fourth-order valence-corrected chi connectivity index (χ4v) is 2.14. The predicted molar refractivity (Wildman–Crippen MR) is 81.0 cm³/mol. The summed E-state index contributed by atoms with van der Waals surface area (Å²) in [5.41, 5.74) is 2.32. The van der Waals surface area contributed by atoms with Crippen molar-refractivity contribution in [2.45, 2.75) is 33.2 Å². The van der Waals surface area contributed by atoms with Crippen molar-refractivity contribution < 1.29 is 0 Å². The second-order valence-electron chi connectivity index (χ2n) is 4.76. The summed E-state index contributed by atoms with van der Waals surface area (Å²) in [7, 11) is 1.89. The molecule has 2 heterocycles. The van der Waals surface area contributed by atoms with Crippen molar-refractivity contribution in [2.24, 2.45) is 0 Å². The lowest BCUT2D eigenvalue weighted by Crippen LogP contribution is -2.14. The van der Waals surface area contributed by atoms with Gasteiger partial charge < -0.3 is 10.6 Å². The number of hydrogen-bond donors (Lipinski definition) is 2. The van der Waals surface area contributed by atoms with Gasteiger partial charge in [-0.2, -0.15) is 5.10 Å². The fourth-order valence-electron chi connectivity index (χ4n) is 2.14. The van der Waals surface area contributed by atoms with Crippen LogP contribution in [0.5, 0.6) is 0 Å². The molecule has 0 radical (unpaired) electrons. The molecule has 2 aromatic heterocycles. The van der Waals surface area contributed by atoms with Gasteiger partial charge in [0.1, 0.15) is 18.0 Å². The first kappa shape index (κ1) is 14.3. The van der Waals surface area contributed by atoms with E-state index in [1.54, 1.807) is 6.33 Å². The third-order valence-electron chi connectivity index (χ3n) is 3.08. The SMILES string of the molecule is CCCc1c(NC)ncnc1NCCn1cc(C)cn1. The molecule has 0 fully saturated rings. The first-order chi connectivity index (χ1) is 9.74. The predicted octanol–water partition coefficient (Wildman–Crippen LogP) is 2.09. The minimum atomic E-state index is 0.790. The summed E-state index contributed by atoms with van der Waals surface area (Å²) < 4.78 is 1.93. The van der Waals surface area contributed by atoms with Gasteiger partial charge in [-0.05, 0) is 18.9 Å². The lowest BCUT2D eigenvalue weighted by Gasteiger charge is -2.13. The standard InChI is InChI=1S/C14H22N6/c1-4-5-12-13(15-3)17-10-18-14(12)16-6-7-20-9-11(2)8-19-20/h8-10H,4-7H2,1-3H3,(H2,15,16,17,18). The lowest BCUT2D eigenvalue weighted by molar-refractivity contribution is 0.636. The van der Waals surface area contributed by atoms with Gasteiger partial charge in [0.25, 0.3) is 0 Å². The molecule has 0 aliphatic rings. The highest BCUT2D eigenvalue weighted by molar-refractivity contribution is 5.57. The van der Waals surface area contributed by atoms with Crippen molar-refractivity contribution in [1.29, 1.82) is 0 Å². The molecule has 6 nitrogen and oxygen atoms in total. The highest BCUT2D eigenvalue weighted by atomic mass is 15.3. The molecule has 0 aliphatic heterocycles. The molecular formula is C14H22N6. The van der Waals surface area contributed by atoms with Gasteiger partial charge in [0, 0.05) is 25.4 Å². The normalized spacial score (nSPS) is 10.6. The summed E-state index contributed by atoms with van der Waals surface area (Å²) in [4.78, 5) is 8.62. The minimum Gasteiger partial charge on any atom is -0.373 e. The Balaban J connectivity index is 2.01. The number of rotatable bonds is 7.